The van der Waals surface area contributed by atoms with E-state index in [9.17, 15) is 0 Å². The molecule has 0 unspecified atom stereocenters. The van der Waals surface area contributed by atoms with Crippen molar-refractivity contribution in [2.45, 2.75) is 105 Å². The summed E-state index contributed by atoms with van der Waals surface area (Å²) >= 11 is 0. The lowest BCUT2D eigenvalue weighted by atomic mass is 9.78. The Bertz CT molecular complexity index is 2610. The van der Waals surface area contributed by atoms with Crippen LogP contribution in [-0.2, 0) is 21.7 Å². The van der Waals surface area contributed by atoms with Crippen LogP contribution in [0.3, 0.4) is 0 Å². The standard InChI is InChI=1S/C56H59N/c1-53(2,3)41-28-39(29-42(34-41)54(4,5)6)37-24-26-51-48(32-37)49-33-38(40-30-43(55(7,8)9)35-44(31-40)56(10,11)12)25-27-52(49)57(51)50-23-16-15-21-47(50)46-22-17-19-36-18-13-14-20-45(36)46/h13-35H,1-12H3. The molecule has 0 N–H and O–H groups in total. The molecule has 0 aliphatic carbocycles. The summed E-state index contributed by atoms with van der Waals surface area (Å²) in [6.07, 6.45) is 0. The number of nitrogens with zero attached hydrogens (tertiary/aromatic N) is 1. The number of para-hydroxylation sites is 1. The summed E-state index contributed by atoms with van der Waals surface area (Å²) in [4.78, 5) is 0. The maximum atomic E-state index is 2.51. The average molecular weight is 746 g/mol. The largest absolute Gasteiger partial charge is 0.309 e. The first-order valence-electron chi connectivity index (χ1n) is 20.8. The zero-order valence-corrected chi connectivity index (χ0v) is 36.2. The normalized spacial score (nSPS) is 12.9. The highest BCUT2D eigenvalue weighted by Gasteiger charge is 2.24. The van der Waals surface area contributed by atoms with Gasteiger partial charge in [-0.15, -0.1) is 0 Å². The highest BCUT2D eigenvalue weighted by molar-refractivity contribution is 6.12. The molecule has 0 spiro atoms. The van der Waals surface area contributed by atoms with Crippen LogP contribution in [0.25, 0.3) is 71.6 Å². The van der Waals surface area contributed by atoms with Gasteiger partial charge < -0.3 is 4.57 Å². The zero-order valence-electron chi connectivity index (χ0n) is 36.2. The summed E-state index contributed by atoms with van der Waals surface area (Å²) in [7, 11) is 0. The molecule has 0 radical (unpaired) electrons. The van der Waals surface area contributed by atoms with Crippen molar-refractivity contribution in [3.63, 3.8) is 0 Å². The van der Waals surface area contributed by atoms with Crippen LogP contribution in [0, 0.1) is 0 Å². The minimum Gasteiger partial charge on any atom is -0.309 e. The van der Waals surface area contributed by atoms with Crippen LogP contribution in [0.15, 0.2) is 140 Å². The Morgan fingerprint density at radius 2 is 0.719 bits per heavy atom. The second-order valence-corrected chi connectivity index (χ2v) is 20.4. The molecule has 57 heavy (non-hydrogen) atoms. The Morgan fingerprint density at radius 3 is 1.19 bits per heavy atom. The van der Waals surface area contributed by atoms with Gasteiger partial charge in [0.15, 0.2) is 0 Å². The fraction of sp³-hybridized carbons (Fsp3) is 0.286. The van der Waals surface area contributed by atoms with Crippen molar-refractivity contribution in [3.05, 3.63) is 162 Å². The van der Waals surface area contributed by atoms with E-state index in [2.05, 4.69) is 227 Å². The Labute approximate surface area is 341 Å². The van der Waals surface area contributed by atoms with Crippen LogP contribution in [0.1, 0.15) is 105 Å². The van der Waals surface area contributed by atoms with Gasteiger partial charge in [-0.25, -0.2) is 0 Å². The van der Waals surface area contributed by atoms with Gasteiger partial charge in [-0.1, -0.05) is 192 Å². The first kappa shape index (κ1) is 38.5. The predicted octanol–water partition coefficient (Wildman–Crippen LogP) is 16.1. The molecule has 1 heteroatoms. The molecule has 8 rings (SSSR count). The number of aromatic nitrogens is 1. The van der Waals surface area contributed by atoms with Crippen LogP contribution in [-0.4, -0.2) is 4.57 Å². The lowest BCUT2D eigenvalue weighted by molar-refractivity contribution is 0.568. The van der Waals surface area contributed by atoms with E-state index in [4.69, 9.17) is 0 Å². The van der Waals surface area contributed by atoms with Crippen LogP contribution in [0.5, 0.6) is 0 Å². The number of benzene rings is 7. The molecule has 8 aromatic rings. The van der Waals surface area contributed by atoms with E-state index in [1.54, 1.807) is 0 Å². The highest BCUT2D eigenvalue weighted by atomic mass is 15.0. The fourth-order valence-electron chi connectivity index (χ4n) is 8.32. The molecule has 0 bridgehead atoms. The number of hydrogen-bond acceptors (Lipinski definition) is 0. The Kier molecular flexibility index (Phi) is 9.19. The monoisotopic (exact) mass is 745 g/mol. The van der Waals surface area contributed by atoms with E-state index in [-0.39, 0.29) is 21.7 Å². The SMILES string of the molecule is CC(C)(C)c1cc(-c2ccc3c(c2)c2cc(-c4cc(C(C)(C)C)cc(C(C)(C)C)c4)ccc2n3-c2ccccc2-c2cccc3ccccc23)cc(C(C)(C)C)c1. The lowest BCUT2D eigenvalue weighted by Gasteiger charge is -2.26. The summed E-state index contributed by atoms with van der Waals surface area (Å²) in [6.45, 7) is 27.9. The van der Waals surface area contributed by atoms with Gasteiger partial charge in [-0.05, 0) is 113 Å². The van der Waals surface area contributed by atoms with Gasteiger partial charge in [0.1, 0.15) is 0 Å². The topological polar surface area (TPSA) is 4.93 Å². The zero-order chi connectivity index (χ0) is 40.7. The van der Waals surface area contributed by atoms with Gasteiger partial charge in [0.2, 0.25) is 0 Å². The molecule has 0 amide bonds. The maximum Gasteiger partial charge on any atom is 0.0541 e. The molecule has 1 nitrogen and oxygen atoms in total. The molecule has 0 aliphatic rings. The molecular formula is C56H59N. The third-order valence-electron chi connectivity index (χ3n) is 12.0. The fourth-order valence-corrected chi connectivity index (χ4v) is 8.32. The third-order valence-corrected chi connectivity index (χ3v) is 12.0. The molecule has 1 aromatic heterocycles. The van der Waals surface area contributed by atoms with Gasteiger partial charge >= 0.3 is 0 Å². The van der Waals surface area contributed by atoms with Crippen molar-refractivity contribution in [2.24, 2.45) is 0 Å². The number of hydrogen-bond donors (Lipinski definition) is 0. The maximum absolute atomic E-state index is 2.51. The van der Waals surface area contributed by atoms with Crippen LogP contribution >= 0.6 is 0 Å². The van der Waals surface area contributed by atoms with Crippen molar-refractivity contribution in [2.75, 3.05) is 0 Å². The van der Waals surface area contributed by atoms with Gasteiger partial charge in [-0.2, -0.15) is 0 Å². The first-order chi connectivity index (χ1) is 26.8. The molecule has 0 saturated carbocycles. The molecule has 0 saturated heterocycles. The van der Waals surface area contributed by atoms with Crippen molar-refractivity contribution in [3.8, 4) is 39.1 Å². The van der Waals surface area contributed by atoms with Gasteiger partial charge in [0.05, 0.1) is 16.7 Å². The summed E-state index contributed by atoms with van der Waals surface area (Å²) in [5, 5.41) is 5.04. The van der Waals surface area contributed by atoms with Crippen molar-refractivity contribution < 1.29 is 0 Å². The van der Waals surface area contributed by atoms with E-state index in [0.29, 0.717) is 0 Å². The highest BCUT2D eigenvalue weighted by Crippen LogP contribution is 2.43. The Balaban J connectivity index is 1.43. The summed E-state index contributed by atoms with van der Waals surface area (Å²) in [5.74, 6) is 0. The molecule has 1 heterocycles. The van der Waals surface area contributed by atoms with Gasteiger partial charge in [0.25, 0.3) is 0 Å². The molecular weight excluding hydrogens is 687 g/mol. The average Bonchev–Trinajstić information content (AvgIpc) is 3.49. The second kappa shape index (κ2) is 13.6. The van der Waals surface area contributed by atoms with Crippen LogP contribution in [0.4, 0.5) is 0 Å². The Hall–Kier alpha value is -5.40. The molecule has 0 aliphatic heterocycles. The second-order valence-electron chi connectivity index (χ2n) is 20.4. The van der Waals surface area contributed by atoms with Crippen LogP contribution in [0.2, 0.25) is 0 Å². The van der Waals surface area contributed by atoms with Gasteiger partial charge in [0, 0.05) is 16.3 Å². The van der Waals surface area contributed by atoms with E-state index >= 15 is 0 Å². The van der Waals surface area contributed by atoms with Crippen molar-refractivity contribution >= 4 is 32.6 Å². The smallest absolute Gasteiger partial charge is 0.0541 e. The summed E-state index contributed by atoms with van der Waals surface area (Å²) in [5.41, 5.74) is 16.7. The molecule has 0 atom stereocenters. The van der Waals surface area contributed by atoms with E-state index in [1.165, 1.54) is 93.9 Å². The Morgan fingerprint density at radius 1 is 0.316 bits per heavy atom. The van der Waals surface area contributed by atoms with Crippen molar-refractivity contribution in [1.29, 1.82) is 0 Å². The summed E-state index contributed by atoms with van der Waals surface area (Å²) < 4.78 is 2.51. The molecule has 288 valence electrons. The minimum absolute atomic E-state index is 0.0316. The van der Waals surface area contributed by atoms with Crippen molar-refractivity contribution in [1.82, 2.24) is 4.57 Å². The number of rotatable bonds is 4. The summed E-state index contributed by atoms with van der Waals surface area (Å²) in [6, 6.07) is 53.2. The lowest BCUT2D eigenvalue weighted by Crippen LogP contribution is -2.16. The van der Waals surface area contributed by atoms with E-state index in [0.717, 1.165) is 0 Å². The quantitative estimate of drug-likeness (QED) is 0.169. The first-order valence-corrected chi connectivity index (χ1v) is 20.8. The number of fused-ring (bicyclic) bond motifs is 4. The van der Waals surface area contributed by atoms with Gasteiger partial charge in [-0.3, -0.25) is 0 Å². The van der Waals surface area contributed by atoms with Crippen LogP contribution < -0.4 is 0 Å². The molecule has 0 fully saturated rings. The van der Waals surface area contributed by atoms with E-state index in [1.807, 2.05) is 0 Å². The third kappa shape index (κ3) is 7.23. The van der Waals surface area contributed by atoms with E-state index < -0.39 is 0 Å². The minimum atomic E-state index is 0.0316. The predicted molar refractivity (Wildman–Crippen MR) is 249 cm³/mol. The molecule has 7 aromatic carbocycles.